The Bertz CT molecular complexity index is 757. The van der Waals surface area contributed by atoms with Crippen LogP contribution in [0, 0.1) is 0 Å². The van der Waals surface area contributed by atoms with Crippen molar-refractivity contribution in [3.8, 4) is 6.01 Å². The van der Waals surface area contributed by atoms with E-state index in [9.17, 15) is 4.79 Å². The molecule has 1 heterocycles. The zero-order valence-electron chi connectivity index (χ0n) is 19.3. The molecule has 0 bridgehead atoms. The third-order valence-electron chi connectivity index (χ3n) is 5.50. The van der Waals surface area contributed by atoms with Crippen LogP contribution >= 0.6 is 0 Å². The number of carbonyl (C=O) groups is 1. The number of benzene rings is 1. The second-order valence-electron chi connectivity index (χ2n) is 8.18. The quantitative estimate of drug-likeness (QED) is 0.173. The summed E-state index contributed by atoms with van der Waals surface area (Å²) in [5, 5.41) is 0. The fourth-order valence-electron chi connectivity index (χ4n) is 3.64. The number of aryl methyl sites for hydroxylation is 1. The maximum atomic E-state index is 12.3. The Balaban J connectivity index is 1.87. The molecule has 0 fully saturated rings. The molecule has 31 heavy (non-hydrogen) atoms. The Morgan fingerprint density at radius 2 is 1.55 bits per heavy atom. The molecule has 2 rings (SSSR count). The highest BCUT2D eigenvalue weighted by atomic mass is 16.5. The van der Waals surface area contributed by atoms with Crippen LogP contribution < -0.4 is 4.74 Å². The molecule has 0 aliphatic heterocycles. The molecular formula is C27H38N2O2. The van der Waals surface area contributed by atoms with Gasteiger partial charge in [0.1, 0.15) is 0 Å². The molecule has 1 unspecified atom stereocenters. The molecule has 0 N–H and O–H groups in total. The molecule has 2 aromatic rings. The van der Waals surface area contributed by atoms with Crippen molar-refractivity contribution in [1.82, 2.24) is 9.97 Å². The van der Waals surface area contributed by atoms with E-state index in [4.69, 9.17) is 4.74 Å². The van der Waals surface area contributed by atoms with Crippen LogP contribution in [0.5, 0.6) is 6.01 Å². The van der Waals surface area contributed by atoms with Gasteiger partial charge in [-0.05, 0) is 30.4 Å². The summed E-state index contributed by atoms with van der Waals surface area (Å²) in [5.74, 6) is -0.218. The lowest BCUT2D eigenvalue weighted by Gasteiger charge is -2.13. The van der Waals surface area contributed by atoms with Gasteiger partial charge in [0.2, 0.25) is 0 Å². The zero-order valence-corrected chi connectivity index (χ0v) is 19.3. The molecule has 1 atom stereocenters. The zero-order chi connectivity index (χ0) is 22.2. The average molecular weight is 423 g/mol. The summed E-state index contributed by atoms with van der Waals surface area (Å²) in [4.78, 5) is 20.7. The first kappa shape index (κ1) is 24.8. The van der Waals surface area contributed by atoms with Crippen LogP contribution in [-0.2, 0) is 11.2 Å². The summed E-state index contributed by atoms with van der Waals surface area (Å²) < 4.78 is 5.31. The molecule has 168 valence electrons. The van der Waals surface area contributed by atoms with Gasteiger partial charge in [-0.3, -0.25) is 0 Å². The molecule has 0 amide bonds. The number of aromatic nitrogens is 2. The Kier molecular flexibility index (Phi) is 12.3. The van der Waals surface area contributed by atoms with E-state index in [0.29, 0.717) is 0 Å². The number of carbonyl (C=O) groups excluding carboxylic acids is 1. The predicted molar refractivity (Wildman–Crippen MR) is 127 cm³/mol. The summed E-state index contributed by atoms with van der Waals surface area (Å²) in [6.07, 6.45) is 20.0. The van der Waals surface area contributed by atoms with Crippen LogP contribution in [0.2, 0.25) is 0 Å². The van der Waals surface area contributed by atoms with Crippen molar-refractivity contribution < 1.29 is 9.53 Å². The summed E-state index contributed by atoms with van der Waals surface area (Å²) >= 11 is 0. The van der Waals surface area contributed by atoms with Crippen molar-refractivity contribution in [3.63, 3.8) is 0 Å². The number of hydrogen-bond donors (Lipinski definition) is 0. The molecule has 0 saturated heterocycles. The van der Waals surface area contributed by atoms with Crippen LogP contribution in [0.25, 0.3) is 0 Å². The molecule has 1 aromatic heterocycles. The average Bonchev–Trinajstić information content (AvgIpc) is 2.80. The maximum Gasteiger partial charge on any atom is 0.338 e. The van der Waals surface area contributed by atoms with E-state index in [0.717, 1.165) is 31.2 Å². The van der Waals surface area contributed by atoms with E-state index in [1.165, 1.54) is 56.6 Å². The second kappa shape index (κ2) is 15.3. The molecule has 0 aliphatic carbocycles. The van der Waals surface area contributed by atoms with Crippen molar-refractivity contribution in [2.24, 2.45) is 0 Å². The van der Waals surface area contributed by atoms with Crippen LogP contribution in [0.15, 0.2) is 54.9 Å². The van der Waals surface area contributed by atoms with Gasteiger partial charge in [0.15, 0.2) is 0 Å². The number of nitrogens with zero attached hydrogens (tertiary/aromatic N) is 2. The van der Waals surface area contributed by atoms with Crippen molar-refractivity contribution in [3.05, 3.63) is 66.0 Å². The van der Waals surface area contributed by atoms with Gasteiger partial charge < -0.3 is 4.74 Å². The van der Waals surface area contributed by atoms with Crippen molar-refractivity contribution in [2.75, 3.05) is 0 Å². The van der Waals surface area contributed by atoms with E-state index in [1.807, 2.05) is 24.3 Å². The lowest BCUT2D eigenvalue weighted by molar-refractivity contribution is -0.129. The lowest BCUT2D eigenvalue weighted by atomic mass is 9.92. The molecule has 0 aliphatic rings. The first-order chi connectivity index (χ1) is 15.2. The number of esters is 1. The Hall–Kier alpha value is -2.49. The van der Waals surface area contributed by atoms with Crippen LogP contribution in [0.4, 0.5) is 0 Å². The lowest BCUT2D eigenvalue weighted by Crippen LogP contribution is -2.08. The van der Waals surface area contributed by atoms with Gasteiger partial charge in [-0.15, -0.1) is 0 Å². The molecule has 4 heteroatoms. The van der Waals surface area contributed by atoms with Crippen LogP contribution in [0.3, 0.4) is 0 Å². The fourth-order valence-corrected chi connectivity index (χ4v) is 3.64. The van der Waals surface area contributed by atoms with E-state index in [-0.39, 0.29) is 11.9 Å². The minimum absolute atomic E-state index is 0.114. The van der Waals surface area contributed by atoms with Gasteiger partial charge in [-0.1, -0.05) is 102 Å². The number of ether oxygens (including phenoxy) is 1. The Morgan fingerprint density at radius 3 is 2.23 bits per heavy atom. The number of allylic oxidation sites excluding steroid dienone is 1. The summed E-state index contributed by atoms with van der Waals surface area (Å²) in [6, 6.07) is 10.5. The standard InChI is InChI=1S/C27H38N2O2/c1-3-5-7-9-12-18-25(24-16-13-10-14-17-24)19-20-26(30)31-27-28-21-23(22-29-27)15-11-8-6-4-2/h10,13-14,16-17,19-22,25H,3-9,11-12,15,18H2,1-2H3. The third kappa shape index (κ3) is 10.4. The van der Waals surface area contributed by atoms with Gasteiger partial charge in [0.25, 0.3) is 0 Å². The third-order valence-corrected chi connectivity index (χ3v) is 5.50. The maximum absolute atomic E-state index is 12.3. The predicted octanol–water partition coefficient (Wildman–Crippen LogP) is 7.21. The SMILES string of the molecule is CCCCCCCC(C=CC(=O)Oc1ncc(CCCCCC)cn1)c1ccccc1. The molecule has 1 aromatic carbocycles. The first-order valence-corrected chi connectivity index (χ1v) is 12.0. The molecule has 4 nitrogen and oxygen atoms in total. The minimum atomic E-state index is -0.428. The van der Waals surface area contributed by atoms with Crippen molar-refractivity contribution in [1.29, 1.82) is 0 Å². The fraction of sp³-hybridized carbons (Fsp3) is 0.519. The largest absolute Gasteiger partial charge is 0.388 e. The van der Waals surface area contributed by atoms with Gasteiger partial charge in [-0.2, -0.15) is 0 Å². The monoisotopic (exact) mass is 422 g/mol. The van der Waals surface area contributed by atoms with Gasteiger partial charge >= 0.3 is 12.0 Å². The molecule has 0 saturated carbocycles. The highest BCUT2D eigenvalue weighted by Gasteiger charge is 2.10. The van der Waals surface area contributed by atoms with E-state index in [2.05, 4.69) is 35.9 Å². The van der Waals surface area contributed by atoms with E-state index >= 15 is 0 Å². The summed E-state index contributed by atoms with van der Waals surface area (Å²) in [7, 11) is 0. The van der Waals surface area contributed by atoms with Gasteiger partial charge in [0.05, 0.1) is 0 Å². The highest BCUT2D eigenvalue weighted by molar-refractivity contribution is 5.83. The molecule has 0 radical (unpaired) electrons. The number of unbranched alkanes of at least 4 members (excludes halogenated alkanes) is 7. The van der Waals surface area contributed by atoms with Crippen LogP contribution in [-0.4, -0.2) is 15.9 Å². The Morgan fingerprint density at radius 1 is 0.903 bits per heavy atom. The summed E-state index contributed by atoms with van der Waals surface area (Å²) in [5.41, 5.74) is 2.31. The smallest absolute Gasteiger partial charge is 0.338 e. The normalized spacial score (nSPS) is 12.2. The number of rotatable bonds is 15. The van der Waals surface area contributed by atoms with Gasteiger partial charge in [0, 0.05) is 24.4 Å². The van der Waals surface area contributed by atoms with Crippen LogP contribution in [0.1, 0.15) is 95.1 Å². The topological polar surface area (TPSA) is 52.1 Å². The minimum Gasteiger partial charge on any atom is -0.388 e. The van der Waals surface area contributed by atoms with Gasteiger partial charge in [-0.25, -0.2) is 14.8 Å². The van der Waals surface area contributed by atoms with Crippen molar-refractivity contribution in [2.45, 2.75) is 90.4 Å². The highest BCUT2D eigenvalue weighted by Crippen LogP contribution is 2.24. The Labute approximate surface area is 188 Å². The first-order valence-electron chi connectivity index (χ1n) is 12.0. The second-order valence-corrected chi connectivity index (χ2v) is 8.18. The molecule has 0 spiro atoms. The number of hydrogen-bond acceptors (Lipinski definition) is 4. The van der Waals surface area contributed by atoms with Crippen molar-refractivity contribution >= 4 is 5.97 Å². The van der Waals surface area contributed by atoms with E-state index < -0.39 is 5.97 Å². The van der Waals surface area contributed by atoms with E-state index in [1.54, 1.807) is 12.4 Å². The molecular weight excluding hydrogens is 384 g/mol. The summed E-state index contributed by atoms with van der Waals surface area (Å²) in [6.45, 7) is 4.43.